The number of fused-ring (bicyclic) bond motifs is 2. The second-order valence-electron chi connectivity index (χ2n) is 6.42. The maximum atomic E-state index is 12.3. The average Bonchev–Trinajstić information content (AvgIpc) is 3.01. The summed E-state index contributed by atoms with van der Waals surface area (Å²) in [4.78, 5) is 12.3. The van der Waals surface area contributed by atoms with Gasteiger partial charge in [0.25, 0.3) is 5.91 Å². The van der Waals surface area contributed by atoms with Crippen LogP contribution in [0.25, 0.3) is 0 Å². The number of amides is 1. The molecule has 2 aliphatic rings. The molecule has 4 atom stereocenters. The largest absolute Gasteiger partial charge is 0.349 e. The van der Waals surface area contributed by atoms with E-state index in [9.17, 15) is 4.79 Å². The van der Waals surface area contributed by atoms with Crippen LogP contribution in [0.1, 0.15) is 48.5 Å². The minimum Gasteiger partial charge on any atom is -0.349 e. The van der Waals surface area contributed by atoms with Crippen LogP contribution in [0.15, 0.2) is 24.3 Å². The van der Waals surface area contributed by atoms with Crippen LogP contribution in [0.3, 0.4) is 0 Å². The Morgan fingerprint density at radius 3 is 2.68 bits per heavy atom. The third-order valence-corrected chi connectivity index (χ3v) is 5.18. The van der Waals surface area contributed by atoms with E-state index >= 15 is 0 Å². The predicted molar refractivity (Wildman–Crippen MR) is 77.0 cm³/mol. The molecule has 1 aromatic rings. The van der Waals surface area contributed by atoms with Gasteiger partial charge in [-0.05, 0) is 62.5 Å². The Morgan fingerprint density at radius 2 is 2.05 bits per heavy atom. The third kappa shape index (κ3) is 2.41. The number of aryl methyl sites for hydroxylation is 1. The predicted octanol–water partition coefficient (Wildman–Crippen LogP) is 3.55. The lowest BCUT2D eigenvalue weighted by atomic mass is 9.84. The van der Waals surface area contributed by atoms with Crippen LogP contribution >= 0.6 is 0 Å². The Kier molecular flexibility index (Phi) is 3.34. The highest BCUT2D eigenvalue weighted by molar-refractivity contribution is 5.95. The van der Waals surface area contributed by atoms with Gasteiger partial charge in [-0.15, -0.1) is 0 Å². The number of rotatable bonds is 3. The zero-order chi connectivity index (χ0) is 13.4. The molecule has 1 amide bonds. The van der Waals surface area contributed by atoms with Crippen molar-refractivity contribution in [1.29, 1.82) is 0 Å². The Labute approximate surface area is 115 Å². The van der Waals surface area contributed by atoms with E-state index in [1.807, 2.05) is 31.2 Å². The molecule has 1 aromatic carbocycles. The molecule has 0 aliphatic heterocycles. The second kappa shape index (κ2) is 4.99. The lowest BCUT2D eigenvalue weighted by molar-refractivity contribution is 0.0914. The van der Waals surface area contributed by atoms with Crippen molar-refractivity contribution < 1.29 is 4.79 Å². The Hall–Kier alpha value is -1.31. The van der Waals surface area contributed by atoms with Gasteiger partial charge >= 0.3 is 0 Å². The van der Waals surface area contributed by atoms with Gasteiger partial charge in [0.15, 0.2) is 0 Å². The molecule has 2 aliphatic carbocycles. The summed E-state index contributed by atoms with van der Waals surface area (Å²) in [6.07, 6.45) is 5.51. The smallest absolute Gasteiger partial charge is 0.251 e. The molecule has 2 heteroatoms. The molecule has 3 rings (SSSR count). The Bertz CT molecular complexity index is 482. The van der Waals surface area contributed by atoms with Crippen molar-refractivity contribution in [3.8, 4) is 0 Å². The minimum absolute atomic E-state index is 0.0911. The van der Waals surface area contributed by atoms with Gasteiger partial charge < -0.3 is 5.32 Å². The van der Waals surface area contributed by atoms with Gasteiger partial charge in [-0.2, -0.15) is 0 Å². The lowest BCUT2D eigenvalue weighted by Gasteiger charge is -2.28. The van der Waals surface area contributed by atoms with Gasteiger partial charge in [0.05, 0.1) is 0 Å². The molecule has 0 radical (unpaired) electrons. The van der Waals surface area contributed by atoms with Crippen LogP contribution in [0, 0.1) is 24.7 Å². The van der Waals surface area contributed by atoms with Crippen molar-refractivity contribution in [1.82, 2.24) is 5.32 Å². The summed E-state index contributed by atoms with van der Waals surface area (Å²) in [7, 11) is 0. The van der Waals surface area contributed by atoms with Gasteiger partial charge in [0, 0.05) is 11.6 Å². The van der Waals surface area contributed by atoms with E-state index in [-0.39, 0.29) is 5.91 Å². The summed E-state index contributed by atoms with van der Waals surface area (Å²) < 4.78 is 0. The lowest BCUT2D eigenvalue weighted by Crippen LogP contribution is -2.40. The first-order chi connectivity index (χ1) is 9.15. The summed E-state index contributed by atoms with van der Waals surface area (Å²) >= 11 is 0. The summed E-state index contributed by atoms with van der Waals surface area (Å²) in [5.74, 6) is 2.59. The van der Waals surface area contributed by atoms with Crippen molar-refractivity contribution in [3.63, 3.8) is 0 Å². The topological polar surface area (TPSA) is 29.1 Å². The summed E-state index contributed by atoms with van der Waals surface area (Å²) in [5.41, 5.74) is 1.87. The fourth-order valence-corrected chi connectivity index (χ4v) is 4.13. The van der Waals surface area contributed by atoms with E-state index in [1.165, 1.54) is 25.7 Å². The molecule has 2 fully saturated rings. The number of hydrogen-bond donors (Lipinski definition) is 1. The van der Waals surface area contributed by atoms with Crippen molar-refractivity contribution in [3.05, 3.63) is 35.4 Å². The van der Waals surface area contributed by atoms with Gasteiger partial charge in [-0.1, -0.05) is 24.6 Å². The molecule has 0 unspecified atom stereocenters. The number of carbonyl (C=O) groups is 1. The van der Waals surface area contributed by atoms with Crippen LogP contribution in [-0.2, 0) is 0 Å². The molecular formula is C17H23NO. The molecular weight excluding hydrogens is 234 g/mol. The molecule has 1 N–H and O–H groups in total. The first-order valence-corrected chi connectivity index (χ1v) is 7.51. The summed E-state index contributed by atoms with van der Waals surface area (Å²) in [5, 5.41) is 3.22. The van der Waals surface area contributed by atoms with Gasteiger partial charge in [0.1, 0.15) is 0 Å². The van der Waals surface area contributed by atoms with Crippen LogP contribution < -0.4 is 5.32 Å². The summed E-state index contributed by atoms with van der Waals surface area (Å²) in [6.45, 7) is 4.18. The normalized spacial score (nSPS) is 30.3. The first-order valence-electron chi connectivity index (χ1n) is 7.51. The molecule has 0 aromatic heterocycles. The average molecular weight is 257 g/mol. The number of carbonyl (C=O) groups excluding carboxylic acids is 1. The highest BCUT2D eigenvalue weighted by Crippen LogP contribution is 2.49. The molecule has 102 valence electrons. The van der Waals surface area contributed by atoms with Crippen LogP contribution in [0.2, 0.25) is 0 Å². The fraction of sp³-hybridized carbons (Fsp3) is 0.588. The molecule has 2 saturated carbocycles. The second-order valence-corrected chi connectivity index (χ2v) is 6.42. The Morgan fingerprint density at radius 1 is 1.26 bits per heavy atom. The first kappa shape index (κ1) is 12.7. The van der Waals surface area contributed by atoms with E-state index in [1.54, 1.807) is 0 Å². The standard InChI is InChI=1S/C17H23NO/c1-11-5-3-4-6-15(11)17(19)18-12(2)16-10-13-7-8-14(16)9-13/h3-6,12-14,16H,7-10H2,1-2H3,(H,18,19)/t12-,13-,14-,16+/m0/s1. The molecule has 2 bridgehead atoms. The SMILES string of the molecule is Cc1ccccc1C(=O)N[C@@H](C)[C@H]1C[C@H]2CC[C@H]1C2. The maximum absolute atomic E-state index is 12.3. The Balaban J connectivity index is 1.65. The zero-order valence-corrected chi connectivity index (χ0v) is 11.9. The van der Waals surface area contributed by atoms with E-state index in [0.717, 1.165) is 23.0 Å². The van der Waals surface area contributed by atoms with Crippen LogP contribution in [0.4, 0.5) is 0 Å². The highest BCUT2D eigenvalue weighted by atomic mass is 16.1. The third-order valence-electron chi connectivity index (χ3n) is 5.18. The van der Waals surface area contributed by atoms with Crippen LogP contribution in [-0.4, -0.2) is 11.9 Å². The van der Waals surface area contributed by atoms with E-state index in [2.05, 4.69) is 12.2 Å². The van der Waals surface area contributed by atoms with Gasteiger partial charge in [0.2, 0.25) is 0 Å². The molecule has 19 heavy (non-hydrogen) atoms. The zero-order valence-electron chi connectivity index (χ0n) is 11.9. The number of nitrogens with one attached hydrogen (secondary N) is 1. The van der Waals surface area contributed by atoms with Crippen molar-refractivity contribution in [2.75, 3.05) is 0 Å². The van der Waals surface area contributed by atoms with Gasteiger partial charge in [-0.25, -0.2) is 0 Å². The molecule has 0 saturated heterocycles. The van der Waals surface area contributed by atoms with Gasteiger partial charge in [-0.3, -0.25) is 4.79 Å². The molecule has 0 spiro atoms. The molecule has 0 heterocycles. The molecule has 2 nitrogen and oxygen atoms in total. The highest BCUT2D eigenvalue weighted by Gasteiger charge is 2.42. The maximum Gasteiger partial charge on any atom is 0.251 e. The fourth-order valence-electron chi connectivity index (χ4n) is 4.13. The van der Waals surface area contributed by atoms with Crippen LogP contribution in [0.5, 0.6) is 0 Å². The van der Waals surface area contributed by atoms with E-state index < -0.39 is 0 Å². The summed E-state index contributed by atoms with van der Waals surface area (Å²) in [6, 6.07) is 8.13. The number of benzene rings is 1. The quantitative estimate of drug-likeness (QED) is 0.881. The number of hydrogen-bond acceptors (Lipinski definition) is 1. The van der Waals surface area contributed by atoms with E-state index in [4.69, 9.17) is 0 Å². The van der Waals surface area contributed by atoms with Crippen molar-refractivity contribution >= 4 is 5.91 Å². The van der Waals surface area contributed by atoms with Crippen molar-refractivity contribution in [2.24, 2.45) is 17.8 Å². The monoisotopic (exact) mass is 257 g/mol. The van der Waals surface area contributed by atoms with Crippen molar-refractivity contribution in [2.45, 2.75) is 45.6 Å². The van der Waals surface area contributed by atoms with E-state index in [0.29, 0.717) is 12.0 Å². The minimum atomic E-state index is 0.0911.